The number of ether oxygens (including phenoxy) is 1. The molecule has 0 bridgehead atoms. The van der Waals surface area contributed by atoms with E-state index < -0.39 is 11.9 Å². The van der Waals surface area contributed by atoms with Crippen molar-refractivity contribution in [3.05, 3.63) is 22.7 Å². The van der Waals surface area contributed by atoms with Gasteiger partial charge in [0.25, 0.3) is 0 Å². The van der Waals surface area contributed by atoms with Crippen LogP contribution in [-0.4, -0.2) is 39.6 Å². The molecule has 0 amide bonds. The predicted molar refractivity (Wildman–Crippen MR) is 52.1 cm³/mol. The van der Waals surface area contributed by atoms with Gasteiger partial charge >= 0.3 is 5.69 Å². The summed E-state index contributed by atoms with van der Waals surface area (Å²) in [6.45, 7) is -0.540. The minimum atomic E-state index is -0.849. The van der Waals surface area contributed by atoms with E-state index in [1.807, 2.05) is 0 Å². The van der Waals surface area contributed by atoms with Crippen molar-refractivity contribution in [1.29, 1.82) is 0 Å². The molecule has 1 aromatic heterocycles. The first-order valence-electron chi connectivity index (χ1n) is 4.37. The molecule has 1 aromatic rings. The van der Waals surface area contributed by atoms with Gasteiger partial charge in [-0.25, -0.2) is 4.79 Å². The van der Waals surface area contributed by atoms with Crippen molar-refractivity contribution in [2.75, 3.05) is 25.6 Å². The van der Waals surface area contributed by atoms with Crippen molar-refractivity contribution in [2.24, 2.45) is 0 Å². The average Bonchev–Trinajstić information content (AvgIpc) is 2.21. The Balaban J connectivity index is 2.87. The number of aliphatic hydroxyl groups excluding tert-OH is 2. The molecule has 0 unspecified atom stereocenters. The molecule has 1 heterocycles. The quantitative estimate of drug-likeness (QED) is 0.541. The summed E-state index contributed by atoms with van der Waals surface area (Å²) >= 11 is 0. The van der Waals surface area contributed by atoms with Crippen LogP contribution in [0, 0.1) is 0 Å². The van der Waals surface area contributed by atoms with E-state index in [2.05, 4.69) is 4.98 Å². The van der Waals surface area contributed by atoms with Gasteiger partial charge in [-0.3, -0.25) is 4.57 Å². The number of nitrogens with zero attached hydrogens (tertiary/aromatic N) is 2. The zero-order chi connectivity index (χ0) is 11.3. The van der Waals surface area contributed by atoms with Gasteiger partial charge in [-0.05, 0) is 6.07 Å². The lowest BCUT2D eigenvalue weighted by molar-refractivity contribution is -0.0488. The molecule has 0 spiro atoms. The summed E-state index contributed by atoms with van der Waals surface area (Å²) in [5.41, 5.74) is 4.70. The standard InChI is InChI=1S/C8H13N3O4/c9-6-1-2-11(8(14)10-6)7(5-13)15-4-3-12/h1-2,7,12-13H,3-5H2,(H2,9,10,14)/t7-/m1/s1. The third kappa shape index (κ3) is 3.01. The second-order valence-electron chi connectivity index (χ2n) is 2.77. The SMILES string of the molecule is Nc1ccn([C@@H](CO)OCCO)c(=O)n1. The van der Waals surface area contributed by atoms with Gasteiger partial charge in [0.15, 0.2) is 6.23 Å². The van der Waals surface area contributed by atoms with Crippen LogP contribution >= 0.6 is 0 Å². The molecule has 0 aliphatic carbocycles. The number of rotatable bonds is 5. The average molecular weight is 215 g/mol. The second kappa shape index (κ2) is 5.44. The molecule has 0 saturated heterocycles. The molecular formula is C8H13N3O4. The molecule has 7 nitrogen and oxygen atoms in total. The first kappa shape index (κ1) is 11.6. The summed E-state index contributed by atoms with van der Waals surface area (Å²) in [6, 6.07) is 1.42. The first-order valence-corrected chi connectivity index (χ1v) is 4.37. The fraction of sp³-hybridized carbons (Fsp3) is 0.500. The fourth-order valence-electron chi connectivity index (χ4n) is 1.05. The van der Waals surface area contributed by atoms with E-state index in [4.69, 9.17) is 20.7 Å². The minimum absolute atomic E-state index is 0.0298. The Morgan fingerprint density at radius 3 is 2.87 bits per heavy atom. The van der Waals surface area contributed by atoms with Crippen molar-refractivity contribution in [3.8, 4) is 0 Å². The maximum absolute atomic E-state index is 11.3. The molecule has 1 rings (SSSR count). The van der Waals surface area contributed by atoms with Gasteiger partial charge in [-0.2, -0.15) is 4.98 Å². The van der Waals surface area contributed by atoms with Crippen LogP contribution in [0.1, 0.15) is 6.23 Å². The lowest BCUT2D eigenvalue weighted by Crippen LogP contribution is -2.31. The monoisotopic (exact) mass is 215 g/mol. The van der Waals surface area contributed by atoms with Crippen LogP contribution in [0.2, 0.25) is 0 Å². The van der Waals surface area contributed by atoms with E-state index >= 15 is 0 Å². The van der Waals surface area contributed by atoms with Crippen LogP contribution in [0.15, 0.2) is 17.1 Å². The molecule has 15 heavy (non-hydrogen) atoms. The second-order valence-corrected chi connectivity index (χ2v) is 2.77. The molecule has 0 radical (unpaired) electrons. The maximum Gasteiger partial charge on any atom is 0.351 e. The molecule has 84 valence electrons. The highest BCUT2D eigenvalue weighted by molar-refractivity contribution is 5.23. The van der Waals surface area contributed by atoms with E-state index in [1.54, 1.807) is 0 Å². The molecule has 0 aliphatic heterocycles. The van der Waals surface area contributed by atoms with Gasteiger partial charge in [0, 0.05) is 6.20 Å². The third-order valence-electron chi connectivity index (χ3n) is 1.72. The summed E-state index contributed by atoms with van der Waals surface area (Å²) in [5.74, 6) is 0.107. The first-order chi connectivity index (χ1) is 7.19. The fourth-order valence-corrected chi connectivity index (χ4v) is 1.05. The van der Waals surface area contributed by atoms with Gasteiger partial charge in [0.05, 0.1) is 19.8 Å². The van der Waals surface area contributed by atoms with E-state index in [1.165, 1.54) is 12.3 Å². The van der Waals surface area contributed by atoms with E-state index in [9.17, 15) is 4.79 Å². The van der Waals surface area contributed by atoms with Crippen molar-refractivity contribution in [3.63, 3.8) is 0 Å². The third-order valence-corrected chi connectivity index (χ3v) is 1.72. The maximum atomic E-state index is 11.3. The number of hydrogen-bond acceptors (Lipinski definition) is 6. The largest absolute Gasteiger partial charge is 0.394 e. The number of nitrogen functional groups attached to an aromatic ring is 1. The summed E-state index contributed by atoms with van der Waals surface area (Å²) in [7, 11) is 0. The number of hydrogen-bond donors (Lipinski definition) is 3. The predicted octanol–water partition coefficient (Wildman–Crippen LogP) is -1.67. The highest BCUT2D eigenvalue weighted by Gasteiger charge is 2.11. The van der Waals surface area contributed by atoms with Crippen LogP contribution in [0.25, 0.3) is 0 Å². The van der Waals surface area contributed by atoms with Crippen molar-refractivity contribution < 1.29 is 14.9 Å². The zero-order valence-corrected chi connectivity index (χ0v) is 8.04. The minimum Gasteiger partial charge on any atom is -0.394 e. The molecular weight excluding hydrogens is 202 g/mol. The van der Waals surface area contributed by atoms with Gasteiger partial charge in [0.2, 0.25) is 0 Å². The molecule has 7 heteroatoms. The Morgan fingerprint density at radius 1 is 1.60 bits per heavy atom. The molecule has 0 saturated carbocycles. The van der Waals surface area contributed by atoms with Crippen molar-refractivity contribution in [2.45, 2.75) is 6.23 Å². The zero-order valence-electron chi connectivity index (χ0n) is 8.04. The molecule has 0 aromatic carbocycles. The van der Waals surface area contributed by atoms with E-state index in [-0.39, 0.29) is 25.6 Å². The lowest BCUT2D eigenvalue weighted by atomic mass is 10.5. The Kier molecular flexibility index (Phi) is 4.22. The summed E-state index contributed by atoms with van der Waals surface area (Å²) in [5, 5.41) is 17.5. The molecule has 1 atom stereocenters. The van der Waals surface area contributed by atoms with Crippen LogP contribution in [0.5, 0.6) is 0 Å². The summed E-state index contributed by atoms with van der Waals surface area (Å²) in [6.07, 6.45) is 0.529. The van der Waals surface area contributed by atoms with Gasteiger partial charge in [-0.1, -0.05) is 0 Å². The highest BCUT2D eigenvalue weighted by atomic mass is 16.5. The Hall–Kier alpha value is -1.44. The topological polar surface area (TPSA) is 111 Å². The van der Waals surface area contributed by atoms with Gasteiger partial charge in [0.1, 0.15) is 5.82 Å². The Labute approximate surface area is 85.7 Å². The number of aromatic nitrogens is 2. The molecule has 4 N–H and O–H groups in total. The van der Waals surface area contributed by atoms with Gasteiger partial charge in [-0.15, -0.1) is 0 Å². The number of aliphatic hydroxyl groups is 2. The Bertz CT molecular complexity index is 365. The number of anilines is 1. The number of nitrogens with two attached hydrogens (primary N) is 1. The molecule has 0 aliphatic rings. The van der Waals surface area contributed by atoms with Gasteiger partial charge < -0.3 is 20.7 Å². The van der Waals surface area contributed by atoms with Crippen molar-refractivity contribution in [1.82, 2.24) is 9.55 Å². The normalized spacial score (nSPS) is 12.7. The lowest BCUT2D eigenvalue weighted by Gasteiger charge is -2.16. The van der Waals surface area contributed by atoms with Crippen molar-refractivity contribution >= 4 is 5.82 Å². The van der Waals surface area contributed by atoms with Crippen LogP contribution < -0.4 is 11.4 Å². The molecule has 0 fully saturated rings. The summed E-state index contributed by atoms with van der Waals surface area (Å²) in [4.78, 5) is 14.8. The van der Waals surface area contributed by atoms with E-state index in [0.29, 0.717) is 0 Å². The van der Waals surface area contributed by atoms with E-state index in [0.717, 1.165) is 4.57 Å². The summed E-state index contributed by atoms with van der Waals surface area (Å²) < 4.78 is 6.13. The highest BCUT2D eigenvalue weighted by Crippen LogP contribution is 2.04. The van der Waals surface area contributed by atoms with Crippen LogP contribution in [0.4, 0.5) is 5.82 Å². The Morgan fingerprint density at radius 2 is 2.33 bits per heavy atom. The van der Waals surface area contributed by atoms with Crippen LogP contribution in [0.3, 0.4) is 0 Å². The van der Waals surface area contributed by atoms with Crippen LogP contribution in [-0.2, 0) is 4.74 Å². The smallest absolute Gasteiger partial charge is 0.351 e.